The van der Waals surface area contributed by atoms with E-state index in [4.69, 9.17) is 0 Å². The largest absolute Gasteiger partial charge is 0.368 e. The van der Waals surface area contributed by atoms with E-state index in [1.54, 1.807) is 0 Å². The molecule has 1 fully saturated rings. The summed E-state index contributed by atoms with van der Waals surface area (Å²) in [6.07, 6.45) is 1.07. The van der Waals surface area contributed by atoms with Crippen LogP contribution >= 0.6 is 0 Å². The number of sulfone groups is 1. The summed E-state index contributed by atoms with van der Waals surface area (Å²) in [5.41, 5.74) is 0.328. The topological polar surface area (TPSA) is 92.5 Å². The summed E-state index contributed by atoms with van der Waals surface area (Å²) in [5.74, 6) is 0. The Balaban J connectivity index is 2.50. The van der Waals surface area contributed by atoms with Gasteiger partial charge >= 0.3 is 0 Å². The first kappa shape index (κ1) is 13.8. The maximum Gasteiger partial charge on any atom is 0.270 e. The van der Waals surface area contributed by atoms with Crippen LogP contribution in [-0.2, 0) is 9.84 Å². The Bertz CT molecular complexity index is 594. The average Bonchev–Trinajstić information content (AvgIpc) is 2.38. The number of benzene rings is 1. The van der Waals surface area contributed by atoms with Gasteiger partial charge in [-0.1, -0.05) is 0 Å². The van der Waals surface area contributed by atoms with E-state index in [1.807, 2.05) is 4.90 Å². The summed E-state index contributed by atoms with van der Waals surface area (Å²) in [7, 11) is -3.51. The van der Waals surface area contributed by atoms with Crippen molar-refractivity contribution in [1.82, 2.24) is 5.32 Å². The number of rotatable bonds is 3. The number of nitro groups is 1. The van der Waals surface area contributed by atoms with Crippen LogP contribution in [0.3, 0.4) is 0 Å². The zero-order valence-corrected chi connectivity index (χ0v) is 11.3. The summed E-state index contributed by atoms with van der Waals surface area (Å²) in [4.78, 5) is 12.1. The highest BCUT2D eigenvalue weighted by atomic mass is 32.2. The Morgan fingerprint density at radius 3 is 2.47 bits per heavy atom. The highest BCUT2D eigenvalue weighted by Gasteiger charge is 2.22. The molecule has 0 atom stereocenters. The van der Waals surface area contributed by atoms with Crippen molar-refractivity contribution in [3.8, 4) is 0 Å². The fourth-order valence-corrected chi connectivity index (χ4v) is 2.99. The molecule has 1 aliphatic heterocycles. The van der Waals surface area contributed by atoms with Crippen molar-refractivity contribution in [3.63, 3.8) is 0 Å². The molecular weight excluding hydrogens is 270 g/mol. The van der Waals surface area contributed by atoms with Crippen LogP contribution < -0.4 is 10.2 Å². The molecule has 104 valence electrons. The second-order valence-electron chi connectivity index (χ2n) is 4.42. The molecule has 0 amide bonds. The molecule has 2 rings (SSSR count). The molecule has 8 heteroatoms. The summed E-state index contributed by atoms with van der Waals surface area (Å²) >= 11 is 0. The van der Waals surface area contributed by atoms with Crippen molar-refractivity contribution in [1.29, 1.82) is 0 Å². The molecule has 1 aromatic rings. The van der Waals surface area contributed by atoms with E-state index < -0.39 is 14.8 Å². The first-order valence-corrected chi connectivity index (χ1v) is 7.73. The molecule has 1 aliphatic rings. The minimum Gasteiger partial charge on any atom is -0.368 e. The minimum absolute atomic E-state index is 0.0172. The molecular formula is C11H15N3O4S. The molecule has 0 aliphatic carbocycles. The van der Waals surface area contributed by atoms with Gasteiger partial charge in [0.05, 0.1) is 15.5 Å². The van der Waals surface area contributed by atoms with Gasteiger partial charge in [-0.15, -0.1) is 0 Å². The lowest BCUT2D eigenvalue weighted by molar-refractivity contribution is -0.385. The average molecular weight is 285 g/mol. The van der Waals surface area contributed by atoms with Crippen LogP contribution in [0.2, 0.25) is 0 Å². The van der Waals surface area contributed by atoms with Gasteiger partial charge in [-0.2, -0.15) is 0 Å². The van der Waals surface area contributed by atoms with E-state index in [9.17, 15) is 18.5 Å². The Morgan fingerprint density at radius 2 is 1.95 bits per heavy atom. The Morgan fingerprint density at radius 1 is 1.32 bits per heavy atom. The van der Waals surface area contributed by atoms with E-state index >= 15 is 0 Å². The maximum absolute atomic E-state index is 11.8. The van der Waals surface area contributed by atoms with Gasteiger partial charge in [0.25, 0.3) is 5.69 Å². The fraction of sp³-hybridized carbons (Fsp3) is 0.455. The van der Waals surface area contributed by atoms with E-state index in [-0.39, 0.29) is 10.6 Å². The van der Waals surface area contributed by atoms with Crippen molar-refractivity contribution in [2.75, 3.05) is 37.3 Å². The van der Waals surface area contributed by atoms with Gasteiger partial charge in [0.2, 0.25) is 0 Å². The minimum atomic E-state index is -3.51. The number of non-ortho nitro benzene ring substituents is 1. The normalized spacial score (nSPS) is 16.4. The van der Waals surface area contributed by atoms with Crippen LogP contribution in [0.25, 0.3) is 0 Å². The van der Waals surface area contributed by atoms with Crippen molar-refractivity contribution < 1.29 is 13.3 Å². The molecule has 0 unspecified atom stereocenters. The first-order chi connectivity index (χ1) is 8.89. The van der Waals surface area contributed by atoms with Gasteiger partial charge in [0.15, 0.2) is 9.84 Å². The molecule has 1 N–H and O–H groups in total. The quantitative estimate of drug-likeness (QED) is 0.638. The first-order valence-electron chi connectivity index (χ1n) is 5.84. The summed E-state index contributed by atoms with van der Waals surface area (Å²) < 4.78 is 23.6. The second-order valence-corrected chi connectivity index (χ2v) is 6.40. The van der Waals surface area contributed by atoms with Gasteiger partial charge in [-0.25, -0.2) is 8.42 Å². The smallest absolute Gasteiger partial charge is 0.270 e. The number of hydrogen-bond donors (Lipinski definition) is 1. The number of nitrogens with one attached hydrogen (secondary N) is 1. The molecule has 1 aromatic carbocycles. The van der Waals surface area contributed by atoms with Gasteiger partial charge in [-0.05, 0) is 6.07 Å². The third-order valence-corrected chi connectivity index (χ3v) is 4.14. The number of nitro benzene ring substituents is 1. The standard InChI is InChI=1S/C11H15N3O4S/c1-19(17,18)11-8-9(14(15)16)2-3-10(11)13-6-4-12-5-7-13/h2-3,8,12H,4-7H2,1H3. The van der Waals surface area contributed by atoms with Crippen LogP contribution in [-0.4, -0.2) is 45.8 Å². The van der Waals surface area contributed by atoms with Crippen LogP contribution in [0, 0.1) is 10.1 Å². The number of hydrogen-bond acceptors (Lipinski definition) is 6. The predicted molar refractivity (Wildman–Crippen MR) is 71.3 cm³/mol. The van der Waals surface area contributed by atoms with Gasteiger partial charge < -0.3 is 10.2 Å². The molecule has 0 saturated carbocycles. The van der Waals surface area contributed by atoms with Crippen LogP contribution in [0.5, 0.6) is 0 Å². The maximum atomic E-state index is 11.8. The van der Waals surface area contributed by atoms with E-state index in [0.29, 0.717) is 18.8 Å². The lowest BCUT2D eigenvalue weighted by atomic mass is 10.2. The van der Waals surface area contributed by atoms with Crippen LogP contribution in [0.1, 0.15) is 0 Å². The summed E-state index contributed by atoms with van der Waals surface area (Å²) in [6, 6.07) is 3.98. The highest BCUT2D eigenvalue weighted by Crippen LogP contribution is 2.29. The van der Waals surface area contributed by atoms with Crippen LogP contribution in [0.15, 0.2) is 23.1 Å². The Labute approximate surface area is 111 Å². The van der Waals surface area contributed by atoms with Crippen molar-refractivity contribution >= 4 is 21.2 Å². The van der Waals surface area contributed by atoms with Crippen molar-refractivity contribution in [2.45, 2.75) is 4.90 Å². The van der Waals surface area contributed by atoms with Gasteiger partial charge in [-0.3, -0.25) is 10.1 Å². The fourth-order valence-electron chi connectivity index (χ4n) is 2.08. The van der Waals surface area contributed by atoms with Crippen molar-refractivity contribution in [3.05, 3.63) is 28.3 Å². The number of piperazine rings is 1. The Kier molecular flexibility index (Phi) is 3.72. The number of anilines is 1. The molecule has 0 spiro atoms. The molecule has 19 heavy (non-hydrogen) atoms. The second kappa shape index (κ2) is 5.14. The third kappa shape index (κ3) is 3.02. The summed E-state index contributed by atoms with van der Waals surface area (Å²) in [6.45, 7) is 2.89. The monoisotopic (exact) mass is 285 g/mol. The molecule has 7 nitrogen and oxygen atoms in total. The van der Waals surface area contributed by atoms with Crippen molar-refractivity contribution in [2.24, 2.45) is 0 Å². The lowest BCUT2D eigenvalue weighted by Gasteiger charge is -2.30. The molecule has 1 saturated heterocycles. The third-order valence-electron chi connectivity index (χ3n) is 3.01. The highest BCUT2D eigenvalue weighted by molar-refractivity contribution is 7.90. The zero-order valence-electron chi connectivity index (χ0n) is 10.5. The molecule has 0 bridgehead atoms. The molecule has 0 radical (unpaired) electrons. The summed E-state index contributed by atoms with van der Waals surface area (Å²) in [5, 5.41) is 13.9. The van der Waals surface area contributed by atoms with Gasteiger partial charge in [0, 0.05) is 44.6 Å². The molecule has 0 aromatic heterocycles. The van der Waals surface area contributed by atoms with Crippen LogP contribution in [0.4, 0.5) is 11.4 Å². The zero-order chi connectivity index (χ0) is 14.0. The van der Waals surface area contributed by atoms with E-state index in [2.05, 4.69) is 5.32 Å². The van der Waals surface area contributed by atoms with Gasteiger partial charge in [0.1, 0.15) is 0 Å². The lowest BCUT2D eigenvalue weighted by Crippen LogP contribution is -2.44. The Hall–Kier alpha value is -1.67. The SMILES string of the molecule is CS(=O)(=O)c1cc([N+](=O)[O-])ccc1N1CCNCC1. The van der Waals surface area contributed by atoms with E-state index in [1.165, 1.54) is 12.1 Å². The van der Waals surface area contributed by atoms with E-state index in [0.717, 1.165) is 25.4 Å². The molecule has 1 heterocycles. The predicted octanol–water partition coefficient (Wildman–Crippen LogP) is 0.408. The number of nitrogens with zero attached hydrogens (tertiary/aromatic N) is 2.